The van der Waals surface area contributed by atoms with Crippen LogP contribution in [-0.2, 0) is 13.5 Å². The number of fused-ring (bicyclic) bond motifs is 1. The van der Waals surface area contributed by atoms with Gasteiger partial charge in [0.1, 0.15) is 0 Å². The number of piperazine rings is 1. The molecule has 2 atom stereocenters. The average molecular weight is 406 g/mol. The fourth-order valence-electron chi connectivity index (χ4n) is 4.33. The van der Waals surface area contributed by atoms with Gasteiger partial charge in [-0.15, -0.1) is 0 Å². The predicted molar refractivity (Wildman–Crippen MR) is 115 cm³/mol. The minimum absolute atomic E-state index is 0.0826. The standard InChI is InChI=1S/C22H27N7O/c1-4-19-15-27(16(2)17-6-9-24-10-7-17)11-12-28(19)20-13-21(30)26(3)29-14-18(5-8-23)25-22(20)29/h6-7,9-10,13-14,16,19H,4-5,11-12,15H2,1-3H3. The van der Waals surface area contributed by atoms with Crippen LogP contribution < -0.4 is 10.5 Å². The minimum atomic E-state index is -0.0826. The van der Waals surface area contributed by atoms with Crippen molar-refractivity contribution >= 4 is 11.3 Å². The molecule has 2 unspecified atom stereocenters. The summed E-state index contributed by atoms with van der Waals surface area (Å²) in [6.07, 6.45) is 6.66. The van der Waals surface area contributed by atoms with Crippen LogP contribution in [0.4, 0.5) is 5.69 Å². The molecular formula is C22H27N7O. The Labute approximate surface area is 176 Å². The van der Waals surface area contributed by atoms with Crippen LogP contribution in [0.5, 0.6) is 0 Å². The maximum Gasteiger partial charge on any atom is 0.267 e. The van der Waals surface area contributed by atoms with Crippen LogP contribution in [0.25, 0.3) is 5.65 Å². The molecule has 1 saturated heterocycles. The van der Waals surface area contributed by atoms with Crippen molar-refractivity contribution in [2.24, 2.45) is 7.05 Å². The van der Waals surface area contributed by atoms with E-state index in [1.54, 1.807) is 23.8 Å². The molecule has 0 bridgehead atoms. The van der Waals surface area contributed by atoms with Crippen LogP contribution in [0.1, 0.15) is 37.6 Å². The quantitative estimate of drug-likeness (QED) is 0.647. The van der Waals surface area contributed by atoms with E-state index < -0.39 is 0 Å². The van der Waals surface area contributed by atoms with Crippen molar-refractivity contribution < 1.29 is 0 Å². The topological polar surface area (TPSA) is 82.5 Å². The zero-order chi connectivity index (χ0) is 21.3. The van der Waals surface area contributed by atoms with Crippen LogP contribution in [0, 0.1) is 11.3 Å². The van der Waals surface area contributed by atoms with E-state index in [9.17, 15) is 4.79 Å². The molecule has 0 amide bonds. The Bertz CT molecular complexity index is 1130. The summed E-state index contributed by atoms with van der Waals surface area (Å²) < 4.78 is 3.30. The van der Waals surface area contributed by atoms with Crippen LogP contribution in [0.15, 0.2) is 41.6 Å². The lowest BCUT2D eigenvalue weighted by Crippen LogP contribution is -2.54. The lowest BCUT2D eigenvalue weighted by atomic mass is 10.0. The smallest absolute Gasteiger partial charge is 0.267 e. The molecule has 30 heavy (non-hydrogen) atoms. The largest absolute Gasteiger partial charge is 0.363 e. The van der Waals surface area contributed by atoms with Crippen LogP contribution in [0.2, 0.25) is 0 Å². The summed E-state index contributed by atoms with van der Waals surface area (Å²) in [5.74, 6) is 0. The second kappa shape index (κ2) is 8.28. The number of aromatic nitrogens is 4. The summed E-state index contributed by atoms with van der Waals surface area (Å²) in [7, 11) is 1.72. The number of hydrogen-bond acceptors (Lipinski definition) is 6. The van der Waals surface area contributed by atoms with Crippen molar-refractivity contribution in [2.75, 3.05) is 24.5 Å². The Morgan fingerprint density at radius 3 is 2.77 bits per heavy atom. The van der Waals surface area contributed by atoms with E-state index in [0.717, 1.165) is 37.4 Å². The van der Waals surface area contributed by atoms with Gasteiger partial charge in [0.05, 0.1) is 30.1 Å². The summed E-state index contributed by atoms with van der Waals surface area (Å²) >= 11 is 0. The molecule has 0 N–H and O–H groups in total. The van der Waals surface area contributed by atoms with Crippen molar-refractivity contribution in [3.63, 3.8) is 0 Å². The molecule has 1 aliphatic heterocycles. The Hall–Kier alpha value is -3.18. The molecule has 0 aromatic carbocycles. The van der Waals surface area contributed by atoms with Crippen LogP contribution in [-0.4, -0.2) is 49.7 Å². The number of pyridine rings is 1. The molecule has 3 aromatic heterocycles. The highest BCUT2D eigenvalue weighted by atomic mass is 16.1. The molecule has 8 heteroatoms. The Morgan fingerprint density at radius 1 is 1.30 bits per heavy atom. The zero-order valence-corrected chi connectivity index (χ0v) is 17.7. The van der Waals surface area contributed by atoms with E-state index in [1.165, 1.54) is 10.2 Å². The van der Waals surface area contributed by atoms with Gasteiger partial charge >= 0.3 is 0 Å². The van der Waals surface area contributed by atoms with Crippen LogP contribution >= 0.6 is 0 Å². The van der Waals surface area contributed by atoms with Crippen molar-refractivity contribution in [1.82, 2.24) is 24.1 Å². The predicted octanol–water partition coefficient (Wildman–Crippen LogP) is 2.16. The van der Waals surface area contributed by atoms with Gasteiger partial charge in [0, 0.05) is 57.2 Å². The number of rotatable bonds is 5. The molecule has 0 saturated carbocycles. The minimum Gasteiger partial charge on any atom is -0.363 e. The first-order valence-electron chi connectivity index (χ1n) is 10.4. The summed E-state index contributed by atoms with van der Waals surface area (Å²) in [6, 6.07) is 8.55. The first-order chi connectivity index (χ1) is 14.5. The molecule has 0 radical (unpaired) electrons. The maximum atomic E-state index is 12.6. The highest BCUT2D eigenvalue weighted by Gasteiger charge is 2.31. The molecule has 1 fully saturated rings. The Morgan fingerprint density at radius 2 is 2.07 bits per heavy atom. The first kappa shape index (κ1) is 20.1. The molecule has 1 aliphatic rings. The Balaban J connectivity index is 1.66. The Kier molecular flexibility index (Phi) is 5.55. The third kappa shape index (κ3) is 3.57. The van der Waals surface area contributed by atoms with E-state index >= 15 is 0 Å². The van der Waals surface area contributed by atoms with E-state index in [-0.39, 0.29) is 18.0 Å². The highest BCUT2D eigenvalue weighted by Crippen LogP contribution is 2.29. The lowest BCUT2D eigenvalue weighted by Gasteiger charge is -2.44. The lowest BCUT2D eigenvalue weighted by molar-refractivity contribution is 0.169. The third-order valence-corrected chi connectivity index (χ3v) is 6.16. The summed E-state index contributed by atoms with van der Waals surface area (Å²) in [4.78, 5) is 26.2. The van der Waals surface area contributed by atoms with Crippen molar-refractivity contribution in [2.45, 2.75) is 38.8 Å². The molecule has 4 heterocycles. The van der Waals surface area contributed by atoms with Gasteiger partial charge in [0.15, 0.2) is 5.65 Å². The first-order valence-corrected chi connectivity index (χ1v) is 10.4. The maximum absolute atomic E-state index is 12.6. The summed E-state index contributed by atoms with van der Waals surface area (Å²) in [5, 5.41) is 9.05. The van der Waals surface area contributed by atoms with E-state index in [0.29, 0.717) is 11.7 Å². The molecule has 3 aromatic rings. The van der Waals surface area contributed by atoms with E-state index in [1.807, 2.05) is 12.4 Å². The van der Waals surface area contributed by atoms with Crippen molar-refractivity contribution in [3.05, 3.63) is 58.4 Å². The number of aryl methyl sites for hydroxylation is 1. The molecule has 8 nitrogen and oxygen atoms in total. The number of hydrogen-bond donors (Lipinski definition) is 0. The number of nitriles is 1. The number of anilines is 1. The molecule has 0 spiro atoms. The number of imidazole rings is 1. The summed E-state index contributed by atoms with van der Waals surface area (Å²) in [6.45, 7) is 7.04. The van der Waals surface area contributed by atoms with Crippen molar-refractivity contribution in [1.29, 1.82) is 5.26 Å². The second-order valence-corrected chi connectivity index (χ2v) is 7.83. The zero-order valence-electron chi connectivity index (χ0n) is 17.7. The van der Waals surface area contributed by atoms with Gasteiger partial charge in [-0.3, -0.25) is 14.7 Å². The van der Waals surface area contributed by atoms with Gasteiger partial charge < -0.3 is 4.90 Å². The molecule has 4 rings (SSSR count). The summed E-state index contributed by atoms with van der Waals surface area (Å²) in [5.41, 5.74) is 3.44. The van der Waals surface area contributed by atoms with E-state index in [4.69, 9.17) is 5.26 Å². The molecule has 0 aliphatic carbocycles. The fourth-order valence-corrected chi connectivity index (χ4v) is 4.33. The normalized spacial score (nSPS) is 18.5. The van der Waals surface area contributed by atoms with Crippen LogP contribution in [0.3, 0.4) is 0 Å². The molecule has 156 valence electrons. The monoisotopic (exact) mass is 405 g/mol. The van der Waals surface area contributed by atoms with E-state index in [2.05, 4.69) is 51.8 Å². The SMILES string of the molecule is CCC1CN(C(C)c2ccncc2)CCN1c1cc(=O)n(C)n2cc(CC#N)nc12. The fraction of sp³-hybridized carbons (Fsp3) is 0.455. The van der Waals surface area contributed by atoms with Gasteiger partial charge in [-0.05, 0) is 31.0 Å². The second-order valence-electron chi connectivity index (χ2n) is 7.83. The average Bonchev–Trinajstić information content (AvgIpc) is 3.20. The van der Waals surface area contributed by atoms with Gasteiger partial charge in [-0.25, -0.2) is 14.2 Å². The van der Waals surface area contributed by atoms with Crippen molar-refractivity contribution in [3.8, 4) is 6.07 Å². The van der Waals surface area contributed by atoms with Gasteiger partial charge in [0.2, 0.25) is 0 Å². The van der Waals surface area contributed by atoms with Gasteiger partial charge in [-0.1, -0.05) is 6.92 Å². The van der Waals surface area contributed by atoms with Gasteiger partial charge in [0.25, 0.3) is 5.56 Å². The highest BCUT2D eigenvalue weighted by molar-refractivity contribution is 5.69. The molecular weight excluding hydrogens is 378 g/mol. The number of nitrogens with zero attached hydrogens (tertiary/aromatic N) is 7. The third-order valence-electron chi connectivity index (χ3n) is 6.16. The van der Waals surface area contributed by atoms with Gasteiger partial charge in [-0.2, -0.15) is 5.26 Å².